The number of nitrogens with one attached hydrogen (secondary N) is 1. The van der Waals surface area contributed by atoms with Gasteiger partial charge in [0.25, 0.3) is 5.91 Å². The molecule has 2 aliphatic rings. The summed E-state index contributed by atoms with van der Waals surface area (Å²) >= 11 is 0. The zero-order chi connectivity index (χ0) is 25.9. The van der Waals surface area contributed by atoms with Gasteiger partial charge < -0.3 is 19.9 Å². The minimum atomic E-state index is -0.584. The number of hydrogen-bond donors (Lipinski definition) is 2. The van der Waals surface area contributed by atoms with Crippen LogP contribution in [0.25, 0.3) is 11.1 Å². The average Bonchev–Trinajstić information content (AvgIpc) is 3.35. The number of benzene rings is 4. The van der Waals surface area contributed by atoms with E-state index in [-0.39, 0.29) is 24.2 Å². The molecular weight excluding hydrogens is 474 g/mol. The lowest BCUT2D eigenvalue weighted by Crippen LogP contribution is -2.29. The summed E-state index contributed by atoms with van der Waals surface area (Å²) in [5.41, 5.74) is 8.88. The van der Waals surface area contributed by atoms with E-state index in [0.29, 0.717) is 18.7 Å². The van der Waals surface area contributed by atoms with E-state index in [1.807, 2.05) is 60.7 Å². The smallest absolute Gasteiger partial charge is 0.290 e. The first-order valence-corrected chi connectivity index (χ1v) is 12.9. The Kier molecular flexibility index (Phi) is 6.78. The van der Waals surface area contributed by atoms with Gasteiger partial charge in [-0.25, -0.2) is 0 Å². The van der Waals surface area contributed by atoms with Gasteiger partial charge in [-0.2, -0.15) is 0 Å². The van der Waals surface area contributed by atoms with Gasteiger partial charge in [-0.1, -0.05) is 84.9 Å². The monoisotopic (exact) mass is 503 g/mol. The minimum Gasteiger partial charge on any atom is -0.459 e. The number of amides is 1. The standard InChI is InChI=1S/C33H29NO4/c35-20-22-10-12-23(13-11-22)21-37-32-19-27(18-31(38-32)33(36)34-28-7-2-1-3-8-28)24-14-15-26-16-25-6-4-5-9-29(25)30(26)17-24/h1-15,17-18,27,32,35H,16,19-21H2,(H,34,36)/t27-,32+/m1/s1. The SMILES string of the molecule is O=C(Nc1ccccc1)C1=C[C@@H](c2ccc3c(c2)-c2ccccc2C3)C[C@@H](OCc2ccc(CO)cc2)O1. The molecule has 2 N–H and O–H groups in total. The molecule has 1 aliphatic heterocycles. The highest BCUT2D eigenvalue weighted by Crippen LogP contribution is 2.40. The van der Waals surface area contributed by atoms with Crippen molar-refractivity contribution in [3.05, 3.63) is 137 Å². The lowest BCUT2D eigenvalue weighted by atomic mass is 9.90. The molecule has 0 aromatic heterocycles. The van der Waals surface area contributed by atoms with E-state index in [0.717, 1.165) is 23.1 Å². The molecular formula is C33H29NO4. The highest BCUT2D eigenvalue weighted by Gasteiger charge is 2.30. The number of hydrogen-bond acceptors (Lipinski definition) is 4. The van der Waals surface area contributed by atoms with E-state index >= 15 is 0 Å². The molecule has 0 bridgehead atoms. The number of para-hydroxylation sites is 1. The number of fused-ring (bicyclic) bond motifs is 3. The Labute approximate surface area is 222 Å². The Bertz CT molecular complexity index is 1480. The maximum Gasteiger partial charge on any atom is 0.290 e. The molecule has 2 atom stereocenters. The van der Waals surface area contributed by atoms with Gasteiger partial charge in [0.05, 0.1) is 13.2 Å². The first-order valence-electron chi connectivity index (χ1n) is 12.9. The van der Waals surface area contributed by atoms with Crippen molar-refractivity contribution >= 4 is 11.6 Å². The van der Waals surface area contributed by atoms with E-state index in [1.165, 1.54) is 22.3 Å². The van der Waals surface area contributed by atoms with Crippen LogP contribution in [0.4, 0.5) is 5.69 Å². The fourth-order valence-corrected chi connectivity index (χ4v) is 5.17. The van der Waals surface area contributed by atoms with Crippen molar-refractivity contribution in [2.24, 2.45) is 0 Å². The molecule has 5 heteroatoms. The van der Waals surface area contributed by atoms with E-state index < -0.39 is 6.29 Å². The Hall–Kier alpha value is -4.19. The summed E-state index contributed by atoms with van der Waals surface area (Å²) in [5.74, 6) is -0.0833. The van der Waals surface area contributed by atoms with E-state index in [2.05, 4.69) is 47.8 Å². The Balaban J connectivity index is 1.26. The molecule has 0 fully saturated rings. The second-order valence-corrected chi connectivity index (χ2v) is 9.78. The van der Waals surface area contributed by atoms with Crippen molar-refractivity contribution in [2.75, 3.05) is 5.32 Å². The van der Waals surface area contributed by atoms with Crippen LogP contribution in [0.5, 0.6) is 0 Å². The summed E-state index contributed by atoms with van der Waals surface area (Å²) in [5, 5.41) is 12.2. The zero-order valence-electron chi connectivity index (χ0n) is 21.0. The van der Waals surface area contributed by atoms with Gasteiger partial charge in [-0.15, -0.1) is 0 Å². The average molecular weight is 504 g/mol. The molecule has 190 valence electrons. The number of rotatable bonds is 7. The topological polar surface area (TPSA) is 67.8 Å². The van der Waals surface area contributed by atoms with Crippen LogP contribution in [0.15, 0.2) is 109 Å². The van der Waals surface area contributed by atoms with Crippen molar-refractivity contribution < 1.29 is 19.4 Å². The van der Waals surface area contributed by atoms with Crippen LogP contribution in [0.2, 0.25) is 0 Å². The molecule has 38 heavy (non-hydrogen) atoms. The van der Waals surface area contributed by atoms with Gasteiger partial charge >= 0.3 is 0 Å². The van der Waals surface area contributed by atoms with Crippen LogP contribution in [0, 0.1) is 0 Å². The fourth-order valence-electron chi connectivity index (χ4n) is 5.17. The second kappa shape index (κ2) is 10.7. The van der Waals surface area contributed by atoms with Crippen LogP contribution in [-0.2, 0) is 33.9 Å². The molecule has 0 radical (unpaired) electrons. The van der Waals surface area contributed by atoms with Crippen molar-refractivity contribution in [2.45, 2.75) is 38.3 Å². The van der Waals surface area contributed by atoms with Crippen molar-refractivity contribution in [1.29, 1.82) is 0 Å². The largest absolute Gasteiger partial charge is 0.459 e. The number of aliphatic hydroxyl groups excluding tert-OH is 1. The van der Waals surface area contributed by atoms with Crippen LogP contribution in [0.1, 0.15) is 40.2 Å². The number of allylic oxidation sites excluding steroid dienone is 1. The van der Waals surface area contributed by atoms with Crippen LogP contribution < -0.4 is 5.32 Å². The number of carbonyl (C=O) groups excluding carboxylic acids is 1. The molecule has 0 saturated carbocycles. The summed E-state index contributed by atoms with van der Waals surface area (Å²) < 4.78 is 12.2. The third kappa shape index (κ3) is 5.12. The summed E-state index contributed by atoms with van der Waals surface area (Å²) in [6.45, 7) is 0.346. The first-order chi connectivity index (χ1) is 18.7. The predicted molar refractivity (Wildman–Crippen MR) is 147 cm³/mol. The molecule has 1 heterocycles. The molecule has 6 rings (SSSR count). The van der Waals surface area contributed by atoms with Gasteiger partial charge in [0.1, 0.15) is 0 Å². The summed E-state index contributed by atoms with van der Waals surface area (Å²) in [6, 6.07) is 32.1. The number of carbonyl (C=O) groups is 1. The number of anilines is 1. The second-order valence-electron chi connectivity index (χ2n) is 9.78. The van der Waals surface area contributed by atoms with Crippen molar-refractivity contribution in [1.82, 2.24) is 0 Å². The molecule has 4 aromatic rings. The van der Waals surface area contributed by atoms with Gasteiger partial charge in [0.2, 0.25) is 6.29 Å². The Morgan fingerprint density at radius 3 is 2.42 bits per heavy atom. The van der Waals surface area contributed by atoms with Gasteiger partial charge in [-0.3, -0.25) is 4.79 Å². The summed E-state index contributed by atoms with van der Waals surface area (Å²) in [4.78, 5) is 13.2. The zero-order valence-corrected chi connectivity index (χ0v) is 21.0. The number of ether oxygens (including phenoxy) is 2. The maximum atomic E-state index is 13.2. The van der Waals surface area contributed by atoms with Gasteiger partial charge in [0, 0.05) is 18.0 Å². The quantitative estimate of drug-likeness (QED) is 0.273. The molecule has 0 saturated heterocycles. The molecule has 1 amide bonds. The van der Waals surface area contributed by atoms with Gasteiger partial charge in [-0.05, 0) is 63.6 Å². The maximum absolute atomic E-state index is 13.2. The van der Waals surface area contributed by atoms with Gasteiger partial charge in [0.15, 0.2) is 5.76 Å². The molecule has 1 aliphatic carbocycles. The number of aliphatic hydroxyl groups is 1. The predicted octanol–water partition coefficient (Wildman–Crippen LogP) is 6.32. The van der Waals surface area contributed by atoms with Crippen LogP contribution >= 0.6 is 0 Å². The minimum absolute atomic E-state index is 0.00445. The molecule has 0 unspecified atom stereocenters. The third-order valence-corrected chi connectivity index (χ3v) is 7.20. The van der Waals surface area contributed by atoms with E-state index in [9.17, 15) is 9.90 Å². The lowest BCUT2D eigenvalue weighted by molar-refractivity contribution is -0.147. The first kappa shape index (κ1) is 24.2. The fraction of sp³-hybridized carbons (Fsp3) is 0.182. The van der Waals surface area contributed by atoms with Crippen LogP contribution in [-0.4, -0.2) is 17.3 Å². The summed E-state index contributed by atoms with van der Waals surface area (Å²) in [6.07, 6.45) is 2.87. The van der Waals surface area contributed by atoms with E-state index in [1.54, 1.807) is 0 Å². The Morgan fingerprint density at radius 1 is 0.868 bits per heavy atom. The molecule has 0 spiro atoms. The van der Waals surface area contributed by atoms with Crippen molar-refractivity contribution in [3.63, 3.8) is 0 Å². The third-order valence-electron chi connectivity index (χ3n) is 7.20. The van der Waals surface area contributed by atoms with E-state index in [4.69, 9.17) is 9.47 Å². The normalized spacial score (nSPS) is 17.7. The lowest BCUT2D eigenvalue weighted by Gasteiger charge is -2.29. The molecule has 5 nitrogen and oxygen atoms in total. The van der Waals surface area contributed by atoms with Crippen LogP contribution in [0.3, 0.4) is 0 Å². The Morgan fingerprint density at radius 2 is 1.61 bits per heavy atom. The molecule has 4 aromatic carbocycles. The van der Waals surface area contributed by atoms with Crippen molar-refractivity contribution in [3.8, 4) is 11.1 Å². The highest BCUT2D eigenvalue weighted by atomic mass is 16.7. The summed E-state index contributed by atoms with van der Waals surface area (Å²) in [7, 11) is 0. The highest BCUT2D eigenvalue weighted by molar-refractivity contribution is 6.02.